The molecule has 0 spiro atoms. The highest BCUT2D eigenvalue weighted by Crippen LogP contribution is 2.46. The topological polar surface area (TPSA) is 40.5 Å². The van der Waals surface area contributed by atoms with Crippen LogP contribution in [0.5, 0.6) is 0 Å². The van der Waals surface area contributed by atoms with Crippen molar-refractivity contribution in [2.24, 2.45) is 5.92 Å². The SMILES string of the molecule is O=C1[C@H](CCC(O)c2ccc(F)cc2)[C@@H](c2ccc(-c3cccc(F)c3F)cc2)N1c1ccc(F)cc1. The van der Waals surface area contributed by atoms with Crippen molar-refractivity contribution in [3.05, 3.63) is 125 Å². The molecule has 7 heteroatoms. The second kappa shape index (κ2) is 10.2. The lowest BCUT2D eigenvalue weighted by molar-refractivity contribution is -0.131. The molecule has 3 nitrogen and oxygen atoms in total. The Labute approximate surface area is 211 Å². The van der Waals surface area contributed by atoms with Crippen LogP contribution < -0.4 is 4.90 Å². The number of hydrogen-bond acceptors (Lipinski definition) is 2. The Kier molecular flexibility index (Phi) is 6.80. The summed E-state index contributed by atoms with van der Waals surface area (Å²) in [5, 5.41) is 10.6. The lowest BCUT2D eigenvalue weighted by atomic mass is 9.78. The normalized spacial score (nSPS) is 18.0. The Hall–Kier alpha value is -3.97. The van der Waals surface area contributed by atoms with Crippen LogP contribution in [-0.4, -0.2) is 11.0 Å². The fourth-order valence-corrected chi connectivity index (χ4v) is 4.88. The number of carbonyl (C=O) groups excluding carboxylic acids is 1. The van der Waals surface area contributed by atoms with Crippen LogP contribution in [0.25, 0.3) is 11.1 Å². The summed E-state index contributed by atoms with van der Waals surface area (Å²) in [4.78, 5) is 14.8. The zero-order valence-corrected chi connectivity index (χ0v) is 19.6. The van der Waals surface area contributed by atoms with Gasteiger partial charge in [-0.3, -0.25) is 4.79 Å². The van der Waals surface area contributed by atoms with Gasteiger partial charge in [0.05, 0.1) is 18.1 Å². The van der Waals surface area contributed by atoms with E-state index >= 15 is 0 Å². The maximum atomic E-state index is 14.3. The molecule has 1 amide bonds. The number of anilines is 1. The summed E-state index contributed by atoms with van der Waals surface area (Å²) in [6.07, 6.45) is -0.227. The lowest BCUT2D eigenvalue weighted by Gasteiger charge is -2.48. The van der Waals surface area contributed by atoms with Crippen molar-refractivity contribution in [3.63, 3.8) is 0 Å². The summed E-state index contributed by atoms with van der Waals surface area (Å²) < 4.78 is 54.7. The molecule has 1 aliphatic rings. The van der Waals surface area contributed by atoms with Gasteiger partial charge in [0, 0.05) is 11.3 Å². The maximum absolute atomic E-state index is 14.3. The van der Waals surface area contributed by atoms with Gasteiger partial charge in [-0.1, -0.05) is 48.5 Å². The fraction of sp³-hybridized carbons (Fsp3) is 0.167. The molecule has 4 aromatic rings. The zero-order valence-electron chi connectivity index (χ0n) is 19.6. The largest absolute Gasteiger partial charge is 0.388 e. The molecule has 37 heavy (non-hydrogen) atoms. The van der Waals surface area contributed by atoms with Gasteiger partial charge in [-0.15, -0.1) is 0 Å². The Morgan fingerprint density at radius 2 is 1.41 bits per heavy atom. The average Bonchev–Trinajstić information content (AvgIpc) is 2.90. The number of β-lactam (4-membered cyclic amide) rings is 1. The number of benzene rings is 4. The number of aliphatic hydroxyl groups excluding tert-OH is 1. The molecule has 1 N–H and O–H groups in total. The minimum absolute atomic E-state index is 0.130. The zero-order chi connectivity index (χ0) is 26.1. The van der Waals surface area contributed by atoms with Gasteiger partial charge in [0.25, 0.3) is 0 Å². The molecule has 188 valence electrons. The summed E-state index contributed by atoms with van der Waals surface area (Å²) >= 11 is 0. The fourth-order valence-electron chi connectivity index (χ4n) is 4.88. The summed E-state index contributed by atoms with van der Waals surface area (Å²) in [6.45, 7) is 0. The van der Waals surface area contributed by atoms with Gasteiger partial charge < -0.3 is 10.0 Å². The van der Waals surface area contributed by atoms with Crippen molar-refractivity contribution >= 4 is 11.6 Å². The third-order valence-corrected chi connectivity index (χ3v) is 6.84. The molecule has 1 fully saturated rings. The van der Waals surface area contributed by atoms with Crippen molar-refractivity contribution in [2.45, 2.75) is 25.0 Å². The van der Waals surface area contributed by atoms with E-state index < -0.39 is 41.3 Å². The van der Waals surface area contributed by atoms with Gasteiger partial charge in [0.2, 0.25) is 5.91 Å². The first kappa shape index (κ1) is 24.7. The first-order valence-electron chi connectivity index (χ1n) is 11.9. The molecule has 1 aliphatic heterocycles. The summed E-state index contributed by atoms with van der Waals surface area (Å²) in [5.41, 5.74) is 2.48. The lowest BCUT2D eigenvalue weighted by Crippen LogP contribution is -2.55. The molecule has 0 radical (unpaired) electrons. The van der Waals surface area contributed by atoms with Crippen LogP contribution in [0.2, 0.25) is 0 Å². The minimum Gasteiger partial charge on any atom is -0.388 e. The molecular weight excluding hydrogens is 482 g/mol. The van der Waals surface area contributed by atoms with Crippen molar-refractivity contribution in [3.8, 4) is 11.1 Å². The van der Waals surface area contributed by atoms with E-state index in [1.165, 1.54) is 60.7 Å². The number of amides is 1. The Morgan fingerprint density at radius 1 is 0.784 bits per heavy atom. The van der Waals surface area contributed by atoms with Gasteiger partial charge in [-0.2, -0.15) is 0 Å². The molecule has 1 heterocycles. The molecular formula is C30H23F4NO2. The Bertz CT molecular complexity index is 1410. The van der Waals surface area contributed by atoms with Gasteiger partial charge in [-0.05, 0) is 72.0 Å². The molecule has 3 atom stereocenters. The van der Waals surface area contributed by atoms with Crippen LogP contribution >= 0.6 is 0 Å². The van der Waals surface area contributed by atoms with Gasteiger partial charge in [-0.25, -0.2) is 17.6 Å². The monoisotopic (exact) mass is 505 g/mol. The Morgan fingerprint density at radius 3 is 2.05 bits per heavy atom. The molecule has 0 aromatic heterocycles. The van der Waals surface area contributed by atoms with Crippen LogP contribution in [0.15, 0.2) is 91.0 Å². The van der Waals surface area contributed by atoms with E-state index in [1.807, 2.05) is 0 Å². The Balaban J connectivity index is 1.41. The van der Waals surface area contributed by atoms with Crippen LogP contribution in [0.1, 0.15) is 36.1 Å². The number of halogens is 4. The number of nitrogens with zero attached hydrogens (tertiary/aromatic N) is 1. The van der Waals surface area contributed by atoms with Gasteiger partial charge >= 0.3 is 0 Å². The van der Waals surface area contributed by atoms with E-state index in [-0.39, 0.29) is 17.9 Å². The van der Waals surface area contributed by atoms with E-state index in [2.05, 4.69) is 0 Å². The van der Waals surface area contributed by atoms with Crippen LogP contribution in [-0.2, 0) is 4.79 Å². The first-order valence-corrected chi connectivity index (χ1v) is 11.9. The highest BCUT2D eigenvalue weighted by atomic mass is 19.2. The number of hydrogen-bond donors (Lipinski definition) is 1. The van der Waals surface area contributed by atoms with Gasteiger partial charge in [0.1, 0.15) is 11.6 Å². The van der Waals surface area contributed by atoms with E-state index in [9.17, 15) is 27.5 Å². The standard InChI is InChI=1S/C30H23F4NO2/c31-21-10-8-19(9-11-21)27(36)17-16-25-29(35(30(25)37)23-14-12-22(32)13-15-23)20-6-4-18(5-7-20)24-2-1-3-26(33)28(24)34/h1-15,25,27,29,36H,16-17H2/t25-,27?,29-/m1/s1. The van der Waals surface area contributed by atoms with E-state index in [0.29, 0.717) is 23.2 Å². The summed E-state index contributed by atoms with van der Waals surface area (Å²) in [5.74, 6) is -3.32. The van der Waals surface area contributed by atoms with Crippen LogP contribution in [0.3, 0.4) is 0 Å². The van der Waals surface area contributed by atoms with Crippen LogP contribution in [0.4, 0.5) is 23.2 Å². The quantitative estimate of drug-likeness (QED) is 0.214. The van der Waals surface area contributed by atoms with Gasteiger partial charge in [0.15, 0.2) is 11.6 Å². The molecule has 0 aliphatic carbocycles. The molecule has 0 bridgehead atoms. The van der Waals surface area contributed by atoms with E-state index in [0.717, 1.165) is 11.6 Å². The van der Waals surface area contributed by atoms with Crippen molar-refractivity contribution in [2.75, 3.05) is 4.90 Å². The highest BCUT2D eigenvalue weighted by molar-refractivity contribution is 6.03. The van der Waals surface area contributed by atoms with Crippen molar-refractivity contribution < 1.29 is 27.5 Å². The maximum Gasteiger partial charge on any atom is 0.233 e. The van der Waals surface area contributed by atoms with Crippen LogP contribution in [0, 0.1) is 29.2 Å². The molecule has 1 saturated heterocycles. The predicted octanol–water partition coefficient (Wildman–Crippen LogP) is 7.13. The number of carbonyl (C=O) groups is 1. The molecule has 0 saturated carbocycles. The molecule has 5 rings (SSSR count). The van der Waals surface area contributed by atoms with Crippen molar-refractivity contribution in [1.29, 1.82) is 0 Å². The third kappa shape index (κ3) is 4.87. The van der Waals surface area contributed by atoms with Crippen molar-refractivity contribution in [1.82, 2.24) is 0 Å². The number of aliphatic hydroxyl groups is 1. The second-order valence-electron chi connectivity index (χ2n) is 9.10. The highest BCUT2D eigenvalue weighted by Gasteiger charge is 2.48. The third-order valence-electron chi connectivity index (χ3n) is 6.84. The smallest absolute Gasteiger partial charge is 0.233 e. The molecule has 4 aromatic carbocycles. The van der Waals surface area contributed by atoms with E-state index in [4.69, 9.17) is 0 Å². The summed E-state index contributed by atoms with van der Waals surface area (Å²) in [7, 11) is 0. The minimum atomic E-state index is -0.937. The second-order valence-corrected chi connectivity index (χ2v) is 9.10. The number of rotatable bonds is 7. The average molecular weight is 506 g/mol. The summed E-state index contributed by atoms with van der Waals surface area (Å²) in [6, 6.07) is 21.6. The van der Waals surface area contributed by atoms with E-state index in [1.54, 1.807) is 29.2 Å². The molecule has 1 unspecified atom stereocenters. The predicted molar refractivity (Wildman–Crippen MR) is 133 cm³/mol. The first-order chi connectivity index (χ1) is 17.8.